The summed E-state index contributed by atoms with van der Waals surface area (Å²) in [5.74, 6) is 0.262. The minimum atomic E-state index is -0.0479. The third-order valence-electron chi connectivity index (χ3n) is 4.03. The Labute approximate surface area is 109 Å². The SMILES string of the molecule is CC(N)C1CN(C(C)C(=O)N2CCCC2)CCO1. The maximum absolute atomic E-state index is 12.3. The number of carbonyl (C=O) groups excluding carboxylic acids is 1. The molecule has 0 radical (unpaired) electrons. The third-order valence-corrected chi connectivity index (χ3v) is 4.03. The van der Waals surface area contributed by atoms with E-state index in [1.165, 1.54) is 0 Å². The maximum atomic E-state index is 12.3. The summed E-state index contributed by atoms with van der Waals surface area (Å²) in [5, 5.41) is 0. The van der Waals surface area contributed by atoms with Gasteiger partial charge in [0.05, 0.1) is 18.8 Å². The molecule has 2 aliphatic rings. The first-order valence-electron chi connectivity index (χ1n) is 6.99. The maximum Gasteiger partial charge on any atom is 0.239 e. The molecule has 5 nitrogen and oxygen atoms in total. The molecule has 2 N–H and O–H groups in total. The number of likely N-dealkylation sites (tertiary alicyclic amines) is 1. The first kappa shape index (κ1) is 13.8. The minimum Gasteiger partial charge on any atom is -0.374 e. The fraction of sp³-hybridized carbons (Fsp3) is 0.923. The molecule has 5 heteroatoms. The lowest BCUT2D eigenvalue weighted by molar-refractivity contribution is -0.138. The molecule has 2 rings (SSSR count). The number of nitrogens with two attached hydrogens (primary N) is 1. The molecule has 3 atom stereocenters. The van der Waals surface area contributed by atoms with Gasteiger partial charge < -0.3 is 15.4 Å². The third kappa shape index (κ3) is 3.02. The van der Waals surface area contributed by atoms with Crippen molar-refractivity contribution in [3.05, 3.63) is 0 Å². The van der Waals surface area contributed by atoms with Gasteiger partial charge in [0.1, 0.15) is 0 Å². The van der Waals surface area contributed by atoms with Gasteiger partial charge in [-0.2, -0.15) is 0 Å². The molecule has 3 unspecified atom stereocenters. The topological polar surface area (TPSA) is 58.8 Å². The van der Waals surface area contributed by atoms with Gasteiger partial charge in [0.25, 0.3) is 0 Å². The number of carbonyl (C=O) groups is 1. The summed E-state index contributed by atoms with van der Waals surface area (Å²) in [6.07, 6.45) is 2.33. The summed E-state index contributed by atoms with van der Waals surface area (Å²) in [6, 6.07) is -0.0323. The molecule has 0 saturated carbocycles. The second kappa shape index (κ2) is 5.99. The number of rotatable bonds is 3. The largest absolute Gasteiger partial charge is 0.374 e. The first-order chi connectivity index (χ1) is 8.59. The van der Waals surface area contributed by atoms with E-state index in [4.69, 9.17) is 10.5 Å². The standard InChI is InChI=1S/C13H25N3O2/c1-10(14)12-9-16(7-8-18-12)11(2)13(17)15-5-3-4-6-15/h10-12H,3-9,14H2,1-2H3. The number of hydrogen-bond acceptors (Lipinski definition) is 4. The number of nitrogens with zero attached hydrogens (tertiary/aromatic N) is 2. The fourth-order valence-corrected chi connectivity index (χ4v) is 2.72. The zero-order chi connectivity index (χ0) is 13.1. The lowest BCUT2D eigenvalue weighted by atomic mass is 10.1. The molecule has 18 heavy (non-hydrogen) atoms. The Hall–Kier alpha value is -0.650. The molecular formula is C13H25N3O2. The molecule has 0 aliphatic carbocycles. The Bertz CT molecular complexity index is 290. The van der Waals surface area contributed by atoms with Gasteiger partial charge in [0, 0.05) is 32.2 Å². The van der Waals surface area contributed by atoms with Crippen LogP contribution in [0, 0.1) is 0 Å². The van der Waals surface area contributed by atoms with E-state index in [2.05, 4.69) is 4.90 Å². The highest BCUT2D eigenvalue weighted by molar-refractivity contribution is 5.81. The summed E-state index contributed by atoms with van der Waals surface area (Å²) < 4.78 is 5.63. The monoisotopic (exact) mass is 255 g/mol. The van der Waals surface area contributed by atoms with E-state index in [9.17, 15) is 4.79 Å². The molecule has 2 saturated heterocycles. The number of amides is 1. The lowest BCUT2D eigenvalue weighted by Gasteiger charge is -2.38. The van der Waals surface area contributed by atoms with Crippen molar-refractivity contribution in [3.8, 4) is 0 Å². The van der Waals surface area contributed by atoms with Crippen LogP contribution in [0.4, 0.5) is 0 Å². The van der Waals surface area contributed by atoms with Gasteiger partial charge in [-0.15, -0.1) is 0 Å². The zero-order valence-electron chi connectivity index (χ0n) is 11.5. The van der Waals surface area contributed by atoms with Crippen molar-refractivity contribution in [2.75, 3.05) is 32.8 Å². The van der Waals surface area contributed by atoms with Gasteiger partial charge in [0.15, 0.2) is 0 Å². The van der Waals surface area contributed by atoms with Crippen LogP contribution >= 0.6 is 0 Å². The number of ether oxygens (including phenoxy) is 1. The van der Waals surface area contributed by atoms with Gasteiger partial charge in [0.2, 0.25) is 5.91 Å². The molecule has 2 heterocycles. The van der Waals surface area contributed by atoms with E-state index in [1.54, 1.807) is 0 Å². The van der Waals surface area contributed by atoms with E-state index in [0.29, 0.717) is 6.61 Å². The molecule has 0 spiro atoms. The Morgan fingerprint density at radius 2 is 1.94 bits per heavy atom. The molecule has 2 fully saturated rings. The van der Waals surface area contributed by atoms with Crippen LogP contribution in [0.25, 0.3) is 0 Å². The predicted octanol–water partition coefficient (Wildman–Crippen LogP) is 0.0453. The quantitative estimate of drug-likeness (QED) is 0.774. The Balaban J connectivity index is 1.91. The zero-order valence-corrected chi connectivity index (χ0v) is 11.5. The van der Waals surface area contributed by atoms with Crippen molar-refractivity contribution in [2.24, 2.45) is 5.73 Å². The van der Waals surface area contributed by atoms with Crippen LogP contribution in [0.1, 0.15) is 26.7 Å². The summed E-state index contributed by atoms with van der Waals surface area (Å²) in [4.78, 5) is 16.5. The minimum absolute atomic E-state index is 0.0156. The molecule has 0 aromatic rings. The van der Waals surface area contributed by atoms with Crippen molar-refractivity contribution in [1.29, 1.82) is 0 Å². The van der Waals surface area contributed by atoms with Crippen LogP contribution in [0.3, 0.4) is 0 Å². The van der Waals surface area contributed by atoms with Crippen LogP contribution in [0.15, 0.2) is 0 Å². The molecule has 1 amide bonds. The van der Waals surface area contributed by atoms with Crippen molar-refractivity contribution < 1.29 is 9.53 Å². The van der Waals surface area contributed by atoms with Gasteiger partial charge in [-0.05, 0) is 26.7 Å². The van der Waals surface area contributed by atoms with E-state index in [-0.39, 0.29) is 24.1 Å². The molecule has 2 aliphatic heterocycles. The van der Waals surface area contributed by atoms with E-state index in [0.717, 1.165) is 39.0 Å². The Morgan fingerprint density at radius 1 is 1.28 bits per heavy atom. The van der Waals surface area contributed by atoms with Crippen molar-refractivity contribution in [3.63, 3.8) is 0 Å². The lowest BCUT2D eigenvalue weighted by Crippen LogP contribution is -2.55. The van der Waals surface area contributed by atoms with Crippen LogP contribution in [-0.4, -0.2) is 66.7 Å². The molecule has 104 valence electrons. The van der Waals surface area contributed by atoms with Crippen molar-refractivity contribution in [1.82, 2.24) is 9.80 Å². The highest BCUT2D eigenvalue weighted by atomic mass is 16.5. The summed E-state index contributed by atoms with van der Waals surface area (Å²) in [5.41, 5.74) is 5.88. The van der Waals surface area contributed by atoms with Crippen LogP contribution in [-0.2, 0) is 9.53 Å². The average Bonchev–Trinajstić information content (AvgIpc) is 2.91. The van der Waals surface area contributed by atoms with Gasteiger partial charge in [-0.1, -0.05) is 0 Å². The Morgan fingerprint density at radius 3 is 2.56 bits per heavy atom. The van der Waals surface area contributed by atoms with Crippen LogP contribution in [0.2, 0.25) is 0 Å². The van der Waals surface area contributed by atoms with Gasteiger partial charge >= 0.3 is 0 Å². The fourth-order valence-electron chi connectivity index (χ4n) is 2.72. The van der Waals surface area contributed by atoms with Crippen molar-refractivity contribution in [2.45, 2.75) is 44.9 Å². The highest BCUT2D eigenvalue weighted by Crippen LogP contribution is 2.15. The van der Waals surface area contributed by atoms with Gasteiger partial charge in [-0.3, -0.25) is 9.69 Å². The molecular weight excluding hydrogens is 230 g/mol. The molecule has 0 bridgehead atoms. The molecule has 0 aromatic heterocycles. The average molecular weight is 255 g/mol. The molecule has 0 aromatic carbocycles. The van der Waals surface area contributed by atoms with E-state index < -0.39 is 0 Å². The summed E-state index contributed by atoms with van der Waals surface area (Å²) in [7, 11) is 0. The second-order valence-corrected chi connectivity index (χ2v) is 5.47. The van der Waals surface area contributed by atoms with Gasteiger partial charge in [-0.25, -0.2) is 0 Å². The number of morpholine rings is 1. The van der Waals surface area contributed by atoms with E-state index >= 15 is 0 Å². The van der Waals surface area contributed by atoms with Crippen LogP contribution < -0.4 is 5.73 Å². The Kier molecular flexibility index (Phi) is 4.59. The first-order valence-corrected chi connectivity index (χ1v) is 6.99. The normalized spacial score (nSPS) is 29.3. The smallest absolute Gasteiger partial charge is 0.239 e. The summed E-state index contributed by atoms with van der Waals surface area (Å²) >= 11 is 0. The van der Waals surface area contributed by atoms with Crippen LogP contribution in [0.5, 0.6) is 0 Å². The number of hydrogen-bond donors (Lipinski definition) is 1. The van der Waals surface area contributed by atoms with Crippen molar-refractivity contribution >= 4 is 5.91 Å². The highest BCUT2D eigenvalue weighted by Gasteiger charge is 2.32. The predicted molar refractivity (Wildman–Crippen MR) is 70.2 cm³/mol. The summed E-state index contributed by atoms with van der Waals surface area (Å²) in [6.45, 7) is 8.06. The van der Waals surface area contributed by atoms with E-state index in [1.807, 2.05) is 18.7 Å². The second-order valence-electron chi connectivity index (χ2n) is 5.47.